The van der Waals surface area contributed by atoms with E-state index in [4.69, 9.17) is 9.84 Å². The fraction of sp³-hybridized carbons (Fsp3) is 0.391. The number of thiophene rings is 1. The highest BCUT2D eigenvalue weighted by Crippen LogP contribution is 2.35. The molecule has 3 rings (SSSR count). The van der Waals surface area contributed by atoms with E-state index in [1.165, 1.54) is 19.2 Å². The number of aromatic nitrogens is 2. The lowest BCUT2D eigenvalue weighted by Crippen LogP contribution is -2.20. The van der Waals surface area contributed by atoms with Crippen LogP contribution >= 0.6 is 23.1 Å². The van der Waals surface area contributed by atoms with Crippen molar-refractivity contribution in [2.24, 2.45) is 7.05 Å². The third-order valence-electron chi connectivity index (χ3n) is 5.12. The number of rotatable bonds is 13. The quantitative estimate of drug-likeness (QED) is 0.226. The van der Waals surface area contributed by atoms with E-state index < -0.39 is 34.3 Å². The second-order valence-electron chi connectivity index (χ2n) is 8.04. The van der Waals surface area contributed by atoms with E-state index in [1.54, 1.807) is 17.8 Å². The third kappa shape index (κ3) is 8.22. The molecule has 0 amide bonds. The topological polar surface area (TPSA) is 111 Å². The SMILES string of the molecule is Cc1cc(SCCNCCCS(=O)(=O)c2ccc(-c3cc(C(F)(F)F)n(C)n3)s2)ccc1OCC(=O)O. The van der Waals surface area contributed by atoms with E-state index in [0.717, 1.165) is 38.3 Å². The third-order valence-corrected chi connectivity index (χ3v) is 9.61. The molecule has 1 aromatic carbocycles. The molecular formula is C23H26F3N3O5S3. The van der Waals surface area contributed by atoms with E-state index in [1.807, 2.05) is 19.1 Å². The monoisotopic (exact) mass is 577 g/mol. The second-order valence-corrected chi connectivity index (χ2v) is 12.6. The van der Waals surface area contributed by atoms with Crippen LogP contribution in [0.3, 0.4) is 0 Å². The van der Waals surface area contributed by atoms with Crippen molar-refractivity contribution in [1.29, 1.82) is 0 Å². The Morgan fingerprint density at radius 1 is 1.22 bits per heavy atom. The number of thioether (sulfide) groups is 1. The van der Waals surface area contributed by atoms with Crippen LogP contribution in [0.15, 0.2) is 45.5 Å². The number of aliphatic carboxylic acids is 1. The summed E-state index contributed by atoms with van der Waals surface area (Å²) in [6, 6.07) is 9.29. The fourth-order valence-electron chi connectivity index (χ4n) is 3.34. The highest BCUT2D eigenvalue weighted by atomic mass is 32.2. The van der Waals surface area contributed by atoms with Crippen LogP contribution in [-0.4, -0.2) is 60.5 Å². The van der Waals surface area contributed by atoms with Gasteiger partial charge in [0, 0.05) is 24.2 Å². The number of nitrogens with zero attached hydrogens (tertiary/aromatic N) is 2. The van der Waals surface area contributed by atoms with E-state index in [9.17, 15) is 26.4 Å². The number of nitrogens with one attached hydrogen (secondary N) is 1. The van der Waals surface area contributed by atoms with Gasteiger partial charge in [-0.1, -0.05) is 0 Å². The van der Waals surface area contributed by atoms with Crippen LogP contribution in [0.5, 0.6) is 5.75 Å². The summed E-state index contributed by atoms with van der Waals surface area (Å²) in [5.74, 6) is 0.152. The number of carboxylic acid groups (broad SMARTS) is 1. The number of ether oxygens (including phenoxy) is 1. The number of hydrogen-bond donors (Lipinski definition) is 2. The van der Waals surface area contributed by atoms with Crippen molar-refractivity contribution in [3.8, 4) is 16.3 Å². The predicted octanol–water partition coefficient (Wildman–Crippen LogP) is 4.48. The fourth-order valence-corrected chi connectivity index (χ4v) is 6.97. The molecule has 0 fully saturated rings. The molecular weight excluding hydrogens is 551 g/mol. The van der Waals surface area contributed by atoms with Gasteiger partial charge in [-0.3, -0.25) is 4.68 Å². The Kier molecular flexibility index (Phi) is 9.67. The van der Waals surface area contributed by atoms with Gasteiger partial charge in [0.25, 0.3) is 0 Å². The van der Waals surface area contributed by atoms with Crippen molar-refractivity contribution < 1.29 is 36.2 Å². The normalized spacial score (nSPS) is 12.1. The lowest BCUT2D eigenvalue weighted by Gasteiger charge is -2.09. The van der Waals surface area contributed by atoms with Gasteiger partial charge in [0.15, 0.2) is 16.4 Å². The number of carboxylic acids is 1. The zero-order chi connectivity index (χ0) is 27.2. The van der Waals surface area contributed by atoms with Gasteiger partial charge in [-0.05, 0) is 61.9 Å². The molecule has 2 aromatic heterocycles. The van der Waals surface area contributed by atoms with Crippen LogP contribution in [-0.2, 0) is 27.9 Å². The largest absolute Gasteiger partial charge is 0.482 e. The van der Waals surface area contributed by atoms with Crippen molar-refractivity contribution in [1.82, 2.24) is 15.1 Å². The first kappa shape index (κ1) is 29.0. The molecule has 202 valence electrons. The minimum Gasteiger partial charge on any atom is -0.482 e. The van der Waals surface area contributed by atoms with Gasteiger partial charge in [-0.2, -0.15) is 18.3 Å². The van der Waals surface area contributed by atoms with Crippen LogP contribution in [0, 0.1) is 6.92 Å². The highest BCUT2D eigenvalue weighted by Gasteiger charge is 2.35. The molecule has 0 saturated carbocycles. The summed E-state index contributed by atoms with van der Waals surface area (Å²) in [6.07, 6.45) is -4.16. The van der Waals surface area contributed by atoms with Crippen LogP contribution in [0.1, 0.15) is 17.7 Å². The lowest BCUT2D eigenvalue weighted by atomic mass is 10.2. The summed E-state index contributed by atoms with van der Waals surface area (Å²) in [4.78, 5) is 12.0. The van der Waals surface area contributed by atoms with Crippen LogP contribution in [0.4, 0.5) is 13.2 Å². The Hall–Kier alpha value is -2.55. The molecule has 0 unspecified atom stereocenters. The summed E-state index contributed by atoms with van der Waals surface area (Å²) >= 11 is 2.51. The molecule has 0 radical (unpaired) electrons. The number of hydrogen-bond acceptors (Lipinski definition) is 8. The highest BCUT2D eigenvalue weighted by molar-refractivity contribution is 7.99. The number of carbonyl (C=O) groups is 1. The molecule has 0 aliphatic carbocycles. The lowest BCUT2D eigenvalue weighted by molar-refractivity contribution is -0.143. The van der Waals surface area contributed by atoms with Gasteiger partial charge in [0.05, 0.1) is 10.6 Å². The first-order valence-corrected chi connectivity index (χ1v) is 14.6. The Morgan fingerprint density at radius 2 is 1.97 bits per heavy atom. The second kappa shape index (κ2) is 12.3. The van der Waals surface area contributed by atoms with Crippen LogP contribution in [0.2, 0.25) is 0 Å². The van der Waals surface area contributed by atoms with Gasteiger partial charge in [-0.15, -0.1) is 23.1 Å². The van der Waals surface area contributed by atoms with Crippen molar-refractivity contribution in [2.45, 2.75) is 28.6 Å². The maximum atomic E-state index is 13.0. The van der Waals surface area contributed by atoms with Gasteiger partial charge in [0.2, 0.25) is 0 Å². The molecule has 2 heterocycles. The molecule has 0 spiro atoms. The van der Waals surface area contributed by atoms with Crippen molar-refractivity contribution in [3.05, 3.63) is 47.7 Å². The summed E-state index contributed by atoms with van der Waals surface area (Å²) in [6.45, 7) is 2.60. The van der Waals surface area contributed by atoms with Gasteiger partial charge >= 0.3 is 12.1 Å². The average molecular weight is 578 g/mol. The van der Waals surface area contributed by atoms with Crippen LogP contribution in [0.25, 0.3) is 10.6 Å². The summed E-state index contributed by atoms with van der Waals surface area (Å²) in [5.41, 5.74) is 0.0181. The Morgan fingerprint density at radius 3 is 2.62 bits per heavy atom. The smallest absolute Gasteiger partial charge is 0.433 e. The number of halogens is 3. The number of alkyl halides is 3. The summed E-state index contributed by atoms with van der Waals surface area (Å²) in [5, 5.41) is 15.8. The van der Waals surface area contributed by atoms with Crippen molar-refractivity contribution in [3.63, 3.8) is 0 Å². The molecule has 14 heteroatoms. The predicted molar refractivity (Wildman–Crippen MR) is 136 cm³/mol. The molecule has 0 aliphatic heterocycles. The van der Waals surface area contributed by atoms with Crippen LogP contribution < -0.4 is 10.1 Å². The molecule has 3 aromatic rings. The standard InChI is InChI=1S/C23H26F3N3O5S3/c1-15-12-16(4-5-18(15)34-14-21(30)31)35-10-9-27-8-3-11-37(32,33)22-7-6-19(36-22)17-13-20(23(24,25)26)29(2)28-17/h4-7,12-13,27H,3,8-11,14H2,1-2H3,(H,30,31). The average Bonchev–Trinajstić information content (AvgIpc) is 3.45. The zero-order valence-corrected chi connectivity index (χ0v) is 22.5. The molecule has 0 atom stereocenters. The van der Waals surface area contributed by atoms with Crippen molar-refractivity contribution >= 4 is 38.9 Å². The number of aryl methyl sites for hydroxylation is 2. The molecule has 2 N–H and O–H groups in total. The molecule has 37 heavy (non-hydrogen) atoms. The minimum atomic E-state index is -4.54. The van der Waals surface area contributed by atoms with Gasteiger partial charge in [-0.25, -0.2) is 13.2 Å². The molecule has 0 saturated heterocycles. The van der Waals surface area contributed by atoms with Gasteiger partial charge < -0.3 is 15.2 Å². The Balaban J connectivity index is 1.41. The minimum absolute atomic E-state index is 0.0815. The first-order valence-electron chi connectivity index (χ1n) is 11.1. The van der Waals surface area contributed by atoms with E-state index in [2.05, 4.69) is 10.4 Å². The maximum absolute atomic E-state index is 13.0. The zero-order valence-electron chi connectivity index (χ0n) is 20.0. The number of sulfone groups is 1. The molecule has 0 bridgehead atoms. The Labute approximate surface area is 220 Å². The summed E-state index contributed by atoms with van der Waals surface area (Å²) in [7, 11) is -2.37. The van der Waals surface area contributed by atoms with E-state index in [-0.39, 0.29) is 15.7 Å². The summed E-state index contributed by atoms with van der Waals surface area (Å²) < 4.78 is 70.4. The molecule has 0 aliphatic rings. The van der Waals surface area contributed by atoms with E-state index in [0.29, 0.717) is 30.1 Å². The van der Waals surface area contributed by atoms with Crippen molar-refractivity contribution in [2.75, 3.05) is 31.2 Å². The van der Waals surface area contributed by atoms with E-state index >= 15 is 0 Å². The maximum Gasteiger partial charge on any atom is 0.433 e. The number of benzene rings is 1. The Bertz CT molecular complexity index is 1340. The molecule has 8 nitrogen and oxygen atoms in total. The first-order chi connectivity index (χ1) is 17.4. The van der Waals surface area contributed by atoms with Gasteiger partial charge in [0.1, 0.15) is 21.3 Å².